The Morgan fingerprint density at radius 3 is 1.85 bits per heavy atom. The first-order valence-electron chi connectivity index (χ1n) is 10.1. The molecule has 5 aromatic rings. The monoisotopic (exact) mass is 464 g/mol. The van der Waals surface area contributed by atoms with Crippen molar-refractivity contribution < 1.29 is 21.6 Å². The summed E-state index contributed by atoms with van der Waals surface area (Å²) < 4.78 is 58.6. The zero-order valence-electron chi connectivity index (χ0n) is 17.7. The fourth-order valence-electron chi connectivity index (χ4n) is 3.80. The molecule has 0 spiro atoms. The summed E-state index contributed by atoms with van der Waals surface area (Å²) in [7, 11) is -3.36. The molecule has 2 aromatic heterocycles. The van der Waals surface area contributed by atoms with Gasteiger partial charge in [-0.05, 0) is 73.2 Å². The molecule has 8 heteroatoms. The van der Waals surface area contributed by atoms with Crippen LogP contribution in [0.4, 0.5) is 8.78 Å². The lowest BCUT2D eigenvalue weighted by atomic mass is 10.0. The Balaban J connectivity index is 1.76. The van der Waals surface area contributed by atoms with Crippen LogP contribution in [0.15, 0.2) is 82.1 Å². The van der Waals surface area contributed by atoms with Crippen LogP contribution in [0.25, 0.3) is 39.4 Å². The third-order valence-corrected chi connectivity index (χ3v) is 6.61. The summed E-state index contributed by atoms with van der Waals surface area (Å²) in [6, 6.07) is 18.4. The summed E-state index contributed by atoms with van der Waals surface area (Å²) in [6.45, 7) is 1.84. The fourth-order valence-corrected chi connectivity index (χ4v) is 4.43. The van der Waals surface area contributed by atoms with E-state index in [0.717, 1.165) is 6.26 Å². The zero-order chi connectivity index (χ0) is 23.3. The molecule has 0 N–H and O–H groups in total. The molecule has 0 amide bonds. The number of sulfone groups is 1. The second kappa shape index (κ2) is 7.67. The molecule has 5 nitrogen and oxygen atoms in total. The smallest absolute Gasteiger partial charge is 0.231 e. The molecule has 0 fully saturated rings. The minimum atomic E-state index is -3.36. The number of rotatable bonds is 4. The maximum absolute atomic E-state index is 13.5. The second-order valence-electron chi connectivity index (χ2n) is 7.77. The SMILES string of the molecule is Cc1c(-c2ccc(F)cc2)oc2c(-c3ccc(S(C)(=O)=O)cc3)c(-c3ccc(F)cc3)nn12. The average Bonchev–Trinajstić information content (AvgIpc) is 3.31. The number of aromatic nitrogens is 2. The van der Waals surface area contributed by atoms with Gasteiger partial charge in [0, 0.05) is 17.4 Å². The lowest BCUT2D eigenvalue weighted by molar-refractivity contribution is 0.602. The van der Waals surface area contributed by atoms with Crippen LogP contribution in [0.5, 0.6) is 0 Å². The Bertz CT molecular complexity index is 1580. The predicted molar refractivity (Wildman–Crippen MR) is 122 cm³/mol. The maximum Gasteiger partial charge on any atom is 0.231 e. The number of oxazole rings is 1. The molecular weight excluding hydrogens is 446 g/mol. The summed E-state index contributed by atoms with van der Waals surface area (Å²) in [5, 5.41) is 4.73. The van der Waals surface area contributed by atoms with Gasteiger partial charge < -0.3 is 4.42 Å². The van der Waals surface area contributed by atoms with Gasteiger partial charge in [-0.2, -0.15) is 5.10 Å². The van der Waals surface area contributed by atoms with Gasteiger partial charge in [-0.1, -0.05) is 12.1 Å². The van der Waals surface area contributed by atoms with E-state index in [1.54, 1.807) is 40.9 Å². The first kappa shape index (κ1) is 21.1. The average molecular weight is 464 g/mol. The van der Waals surface area contributed by atoms with Crippen molar-refractivity contribution in [3.63, 3.8) is 0 Å². The first-order valence-corrected chi connectivity index (χ1v) is 12.0. The summed E-state index contributed by atoms with van der Waals surface area (Å²) in [5.74, 6) is -0.175. The van der Waals surface area contributed by atoms with E-state index < -0.39 is 9.84 Å². The van der Waals surface area contributed by atoms with Gasteiger partial charge in [-0.25, -0.2) is 21.7 Å². The molecule has 0 aliphatic carbocycles. The van der Waals surface area contributed by atoms with Crippen LogP contribution in [-0.4, -0.2) is 24.3 Å². The number of halogens is 2. The predicted octanol–water partition coefficient (Wildman–Crippen LogP) is 5.92. The van der Waals surface area contributed by atoms with Crippen LogP contribution in [0, 0.1) is 18.6 Å². The van der Waals surface area contributed by atoms with Crippen LogP contribution in [0.2, 0.25) is 0 Å². The Labute approximate surface area is 188 Å². The Morgan fingerprint density at radius 1 is 0.788 bits per heavy atom. The van der Waals surface area contributed by atoms with Crippen molar-refractivity contribution in [2.24, 2.45) is 0 Å². The summed E-state index contributed by atoms with van der Waals surface area (Å²) in [5.41, 5.74) is 4.42. The van der Waals surface area contributed by atoms with Gasteiger partial charge >= 0.3 is 0 Å². The highest BCUT2D eigenvalue weighted by molar-refractivity contribution is 7.90. The molecule has 0 radical (unpaired) electrons. The van der Waals surface area contributed by atoms with Gasteiger partial charge in [0.1, 0.15) is 17.3 Å². The van der Waals surface area contributed by atoms with Gasteiger partial charge in [0.15, 0.2) is 15.6 Å². The molecule has 166 valence electrons. The van der Waals surface area contributed by atoms with Crippen LogP contribution in [0.3, 0.4) is 0 Å². The van der Waals surface area contributed by atoms with Crippen molar-refractivity contribution in [1.82, 2.24) is 9.61 Å². The maximum atomic E-state index is 13.5. The third-order valence-electron chi connectivity index (χ3n) is 5.48. The van der Waals surface area contributed by atoms with E-state index in [0.29, 0.717) is 45.1 Å². The third kappa shape index (κ3) is 3.72. The van der Waals surface area contributed by atoms with Crippen LogP contribution in [-0.2, 0) is 9.84 Å². The van der Waals surface area contributed by atoms with Crippen molar-refractivity contribution >= 4 is 15.6 Å². The van der Waals surface area contributed by atoms with Crippen LogP contribution < -0.4 is 0 Å². The number of benzene rings is 3. The first-order chi connectivity index (χ1) is 15.7. The molecule has 2 heterocycles. The van der Waals surface area contributed by atoms with Crippen molar-refractivity contribution in [2.75, 3.05) is 6.26 Å². The lowest BCUT2D eigenvalue weighted by Crippen LogP contribution is -1.96. The van der Waals surface area contributed by atoms with Gasteiger partial charge in [0.2, 0.25) is 5.71 Å². The van der Waals surface area contributed by atoms with Gasteiger partial charge in [0.25, 0.3) is 0 Å². The largest absolute Gasteiger partial charge is 0.436 e. The molecule has 33 heavy (non-hydrogen) atoms. The highest BCUT2D eigenvalue weighted by Gasteiger charge is 2.24. The molecule has 0 unspecified atom stereocenters. The van der Waals surface area contributed by atoms with Gasteiger partial charge in [0.05, 0.1) is 16.2 Å². The standard InChI is InChI=1S/C25H18F2N2O3S/c1-15-24(18-5-11-20(27)12-6-18)32-25-22(16-7-13-21(14-8-16)33(2,30)31)23(28-29(15)25)17-3-9-19(26)10-4-17/h3-14H,1-2H3. The van der Waals surface area contributed by atoms with Gasteiger partial charge in [-0.15, -0.1) is 0 Å². The van der Waals surface area contributed by atoms with E-state index in [2.05, 4.69) is 0 Å². The number of fused-ring (bicyclic) bond motifs is 1. The number of aryl methyl sites for hydroxylation is 1. The number of hydrogen-bond donors (Lipinski definition) is 0. The van der Waals surface area contributed by atoms with Crippen LogP contribution >= 0.6 is 0 Å². The quantitative estimate of drug-likeness (QED) is 0.331. The molecule has 5 rings (SSSR count). The van der Waals surface area contributed by atoms with E-state index in [1.807, 2.05) is 6.92 Å². The Kier molecular flexibility index (Phi) is 4.90. The minimum absolute atomic E-state index is 0.195. The van der Waals surface area contributed by atoms with Crippen molar-refractivity contribution in [1.29, 1.82) is 0 Å². The lowest BCUT2D eigenvalue weighted by Gasteiger charge is -2.05. The summed E-state index contributed by atoms with van der Waals surface area (Å²) in [6.07, 6.45) is 1.15. The zero-order valence-corrected chi connectivity index (χ0v) is 18.5. The van der Waals surface area contributed by atoms with Gasteiger partial charge in [-0.3, -0.25) is 0 Å². The molecule has 0 bridgehead atoms. The number of nitrogens with zero attached hydrogens (tertiary/aromatic N) is 2. The Hall–Kier alpha value is -3.78. The van der Waals surface area contributed by atoms with E-state index in [9.17, 15) is 17.2 Å². The summed E-state index contributed by atoms with van der Waals surface area (Å²) in [4.78, 5) is 0.195. The molecule has 0 aliphatic heterocycles. The second-order valence-corrected chi connectivity index (χ2v) is 9.78. The van der Waals surface area contributed by atoms with Crippen molar-refractivity contribution in [3.05, 3.63) is 90.1 Å². The normalized spacial score (nSPS) is 11.9. The van der Waals surface area contributed by atoms with E-state index in [-0.39, 0.29) is 16.5 Å². The summed E-state index contributed by atoms with van der Waals surface area (Å²) >= 11 is 0. The fraction of sp³-hybridized carbons (Fsp3) is 0.0800. The van der Waals surface area contributed by atoms with Crippen molar-refractivity contribution in [2.45, 2.75) is 11.8 Å². The van der Waals surface area contributed by atoms with E-state index in [1.165, 1.54) is 36.4 Å². The molecule has 3 aromatic carbocycles. The highest BCUT2D eigenvalue weighted by Crippen LogP contribution is 2.39. The molecule has 0 atom stereocenters. The highest BCUT2D eigenvalue weighted by atomic mass is 32.2. The van der Waals surface area contributed by atoms with Crippen molar-refractivity contribution in [3.8, 4) is 33.7 Å². The van der Waals surface area contributed by atoms with E-state index >= 15 is 0 Å². The molecule has 0 saturated carbocycles. The molecule has 0 saturated heterocycles. The Morgan fingerprint density at radius 2 is 1.30 bits per heavy atom. The molecule has 0 aliphatic rings. The minimum Gasteiger partial charge on any atom is -0.436 e. The van der Waals surface area contributed by atoms with E-state index in [4.69, 9.17) is 9.52 Å². The number of hydrogen-bond acceptors (Lipinski definition) is 4. The molecular formula is C25H18F2N2O3S. The van der Waals surface area contributed by atoms with Crippen LogP contribution in [0.1, 0.15) is 5.69 Å². The topological polar surface area (TPSA) is 64.6 Å².